The zero-order valence-corrected chi connectivity index (χ0v) is 17.3. The van der Waals surface area contributed by atoms with Gasteiger partial charge in [0.05, 0.1) is 6.54 Å². The van der Waals surface area contributed by atoms with Crippen molar-refractivity contribution in [1.82, 2.24) is 15.6 Å². The van der Waals surface area contributed by atoms with Gasteiger partial charge in [0.1, 0.15) is 5.82 Å². The third kappa shape index (κ3) is 6.02. The predicted molar refractivity (Wildman–Crippen MR) is 110 cm³/mol. The number of aromatic nitrogens is 1. The van der Waals surface area contributed by atoms with Gasteiger partial charge < -0.3 is 14.7 Å². The molecular weight excluding hydrogens is 452 g/mol. The highest BCUT2D eigenvalue weighted by atomic mass is 35.5. The topological polar surface area (TPSA) is 116 Å². The number of amides is 1. The van der Waals surface area contributed by atoms with Gasteiger partial charge in [0, 0.05) is 23.2 Å². The lowest BCUT2D eigenvalue weighted by Crippen LogP contribution is -2.47. The lowest BCUT2D eigenvalue weighted by molar-refractivity contribution is -0.148. The van der Waals surface area contributed by atoms with Crippen LogP contribution in [0.25, 0.3) is 11.1 Å². The third-order valence-electron chi connectivity index (χ3n) is 4.21. The molecule has 0 saturated heterocycles. The molecule has 1 aromatic heterocycles. The van der Waals surface area contributed by atoms with E-state index < -0.39 is 30.3 Å². The number of halogens is 3. The molecule has 0 fully saturated rings. The number of benzene rings is 2. The number of carboxylic acid groups (broad SMARTS) is 1. The summed E-state index contributed by atoms with van der Waals surface area (Å²) < 4.78 is 18.8. The van der Waals surface area contributed by atoms with Gasteiger partial charge in [-0.2, -0.15) is 0 Å². The molecule has 8 nitrogen and oxygen atoms in total. The van der Waals surface area contributed by atoms with Crippen molar-refractivity contribution in [3.05, 3.63) is 75.8 Å². The van der Waals surface area contributed by atoms with Crippen molar-refractivity contribution in [3.63, 3.8) is 0 Å². The van der Waals surface area contributed by atoms with Crippen LogP contribution in [0.2, 0.25) is 10.2 Å². The number of rotatable bonds is 8. The van der Waals surface area contributed by atoms with Crippen LogP contribution >= 0.6 is 23.2 Å². The van der Waals surface area contributed by atoms with Crippen LogP contribution in [0.1, 0.15) is 16.1 Å². The molecule has 3 rings (SSSR count). The van der Waals surface area contributed by atoms with Crippen LogP contribution in [-0.4, -0.2) is 44.9 Å². The number of aliphatic hydroxyl groups excluding tert-OH is 1. The number of carbonyl (C=O) groups is 2. The number of carbonyl (C=O) groups excluding carboxylic acids is 1. The second kappa shape index (κ2) is 9.88. The lowest BCUT2D eigenvalue weighted by atomic mass is 10.0. The molecule has 162 valence electrons. The molecule has 1 amide bonds. The Hall–Kier alpha value is -2.98. The molecule has 31 heavy (non-hydrogen) atoms. The molecule has 2 aromatic carbocycles. The lowest BCUT2D eigenvalue weighted by Gasteiger charge is -2.24. The van der Waals surface area contributed by atoms with Crippen LogP contribution in [-0.2, 0) is 11.3 Å². The number of carboxylic acids is 1. The van der Waals surface area contributed by atoms with Crippen LogP contribution in [0.15, 0.2) is 53.1 Å². The quantitative estimate of drug-likeness (QED) is 0.434. The summed E-state index contributed by atoms with van der Waals surface area (Å²) >= 11 is 11.6. The number of hydrogen-bond donors (Lipinski definition) is 3. The van der Waals surface area contributed by atoms with Gasteiger partial charge in [-0.1, -0.05) is 52.6 Å². The summed E-state index contributed by atoms with van der Waals surface area (Å²) in [4.78, 5) is 23.3. The van der Waals surface area contributed by atoms with Crippen LogP contribution in [0, 0.1) is 5.82 Å². The molecular formula is C20H16Cl2FN3O5. The van der Waals surface area contributed by atoms with Gasteiger partial charge in [0.25, 0.3) is 0 Å². The number of hydrogen-bond acceptors (Lipinski definition) is 6. The number of aliphatic hydroxyl groups is 1. The summed E-state index contributed by atoms with van der Waals surface area (Å²) in [5, 5.41) is 23.7. The second-order valence-electron chi connectivity index (χ2n) is 6.51. The molecule has 1 heterocycles. The van der Waals surface area contributed by atoms with Crippen molar-refractivity contribution in [3.8, 4) is 11.1 Å². The Balaban J connectivity index is 1.77. The van der Waals surface area contributed by atoms with E-state index in [1.165, 1.54) is 29.3 Å². The van der Waals surface area contributed by atoms with E-state index >= 15 is 0 Å². The summed E-state index contributed by atoms with van der Waals surface area (Å²) in [6.07, 6.45) is -1.75. The molecule has 1 atom stereocenters. The molecule has 0 bridgehead atoms. The average molecular weight is 468 g/mol. The minimum Gasteiger partial charge on any atom is -0.479 e. The number of aliphatic carboxylic acids is 1. The Bertz CT molecular complexity index is 1090. The molecule has 1 unspecified atom stereocenters. The Morgan fingerprint density at radius 1 is 1.16 bits per heavy atom. The summed E-state index contributed by atoms with van der Waals surface area (Å²) in [5.74, 6) is -2.80. The van der Waals surface area contributed by atoms with Crippen molar-refractivity contribution in [2.45, 2.75) is 12.6 Å². The van der Waals surface area contributed by atoms with Crippen molar-refractivity contribution < 1.29 is 28.7 Å². The first kappa shape index (κ1) is 22.7. The van der Waals surface area contributed by atoms with E-state index in [-0.39, 0.29) is 17.5 Å². The van der Waals surface area contributed by atoms with Gasteiger partial charge in [-0.3, -0.25) is 10.2 Å². The van der Waals surface area contributed by atoms with Gasteiger partial charge in [0.15, 0.2) is 11.3 Å². The second-order valence-corrected chi connectivity index (χ2v) is 7.33. The van der Waals surface area contributed by atoms with Gasteiger partial charge in [0.2, 0.25) is 5.76 Å². The van der Waals surface area contributed by atoms with Crippen molar-refractivity contribution in [1.29, 1.82) is 0 Å². The summed E-state index contributed by atoms with van der Waals surface area (Å²) in [6.45, 7) is -0.371. The van der Waals surface area contributed by atoms with Crippen molar-refractivity contribution >= 4 is 35.1 Å². The van der Waals surface area contributed by atoms with Crippen LogP contribution < -0.4 is 5.43 Å². The molecule has 11 heteroatoms. The monoisotopic (exact) mass is 467 g/mol. The standard InChI is InChI=1S/C20H16Cl2FN3O5/c21-13-5-6-15(23)14(7-13)12-3-1-11(2-4-12)9-26(10-16(27)20(29)30)24-19(28)17-8-18(22)25-31-17/h1-8,16,27H,9-10H2,(H,24,28)(H,29,30). The fraction of sp³-hybridized carbons (Fsp3) is 0.150. The molecule has 0 aliphatic rings. The fourth-order valence-corrected chi connectivity index (χ4v) is 3.03. The van der Waals surface area contributed by atoms with E-state index in [9.17, 15) is 19.1 Å². The molecule has 0 aliphatic carbocycles. The zero-order chi connectivity index (χ0) is 22.5. The third-order valence-corrected chi connectivity index (χ3v) is 4.62. The van der Waals surface area contributed by atoms with Gasteiger partial charge >= 0.3 is 11.9 Å². The number of nitrogens with zero attached hydrogens (tertiary/aromatic N) is 2. The Kier molecular flexibility index (Phi) is 7.24. The van der Waals surface area contributed by atoms with Crippen LogP contribution in [0.5, 0.6) is 0 Å². The van der Waals surface area contributed by atoms with E-state index in [0.29, 0.717) is 21.7 Å². The molecule has 3 N–H and O–H groups in total. The summed E-state index contributed by atoms with van der Waals surface area (Å²) in [7, 11) is 0. The average Bonchev–Trinajstić information content (AvgIpc) is 3.17. The summed E-state index contributed by atoms with van der Waals surface area (Å²) in [5.41, 5.74) is 4.01. The fourth-order valence-electron chi connectivity index (χ4n) is 2.72. The molecule has 0 aliphatic heterocycles. The minimum absolute atomic E-state index is 0.0221. The maximum absolute atomic E-state index is 14.1. The van der Waals surface area contributed by atoms with Crippen molar-refractivity contribution in [2.75, 3.05) is 6.54 Å². The van der Waals surface area contributed by atoms with E-state index in [4.69, 9.17) is 32.8 Å². The maximum atomic E-state index is 14.1. The van der Waals surface area contributed by atoms with E-state index in [1.807, 2.05) is 0 Å². The Morgan fingerprint density at radius 2 is 1.87 bits per heavy atom. The first-order chi connectivity index (χ1) is 14.7. The SMILES string of the molecule is O=C(NN(Cc1ccc(-c2cc(Cl)ccc2F)cc1)CC(O)C(=O)O)c1cc(Cl)no1. The van der Waals surface area contributed by atoms with E-state index in [1.54, 1.807) is 24.3 Å². The predicted octanol–water partition coefficient (Wildman–Crippen LogP) is 3.38. The maximum Gasteiger partial charge on any atom is 0.333 e. The molecule has 0 radical (unpaired) electrons. The van der Waals surface area contributed by atoms with Crippen molar-refractivity contribution in [2.24, 2.45) is 0 Å². The highest BCUT2D eigenvalue weighted by molar-refractivity contribution is 6.30. The Labute approximate surface area is 185 Å². The molecule has 0 saturated carbocycles. The van der Waals surface area contributed by atoms with E-state index in [0.717, 1.165) is 0 Å². The van der Waals surface area contributed by atoms with Crippen LogP contribution in [0.3, 0.4) is 0 Å². The number of hydrazine groups is 1. The van der Waals surface area contributed by atoms with Gasteiger partial charge in [-0.25, -0.2) is 14.2 Å². The largest absolute Gasteiger partial charge is 0.479 e. The smallest absolute Gasteiger partial charge is 0.333 e. The molecule has 0 spiro atoms. The first-order valence-electron chi connectivity index (χ1n) is 8.86. The number of nitrogens with one attached hydrogen (secondary N) is 1. The highest BCUT2D eigenvalue weighted by Crippen LogP contribution is 2.26. The highest BCUT2D eigenvalue weighted by Gasteiger charge is 2.22. The molecule has 3 aromatic rings. The van der Waals surface area contributed by atoms with E-state index in [2.05, 4.69) is 10.6 Å². The van der Waals surface area contributed by atoms with Gasteiger partial charge in [-0.15, -0.1) is 0 Å². The summed E-state index contributed by atoms with van der Waals surface area (Å²) in [6, 6.07) is 12.1. The normalized spacial score (nSPS) is 12.0. The van der Waals surface area contributed by atoms with Crippen LogP contribution in [0.4, 0.5) is 4.39 Å². The zero-order valence-electron chi connectivity index (χ0n) is 15.8. The van der Waals surface area contributed by atoms with Gasteiger partial charge in [-0.05, 0) is 29.3 Å². The minimum atomic E-state index is -1.75. The Morgan fingerprint density at radius 3 is 2.48 bits per heavy atom. The first-order valence-corrected chi connectivity index (χ1v) is 9.62.